The highest BCUT2D eigenvalue weighted by Gasteiger charge is 2.11. The maximum atomic E-state index is 12.0. The molecule has 0 aromatic heterocycles. The van der Waals surface area contributed by atoms with Gasteiger partial charge in [-0.15, -0.1) is 0 Å². The molecule has 5 nitrogen and oxygen atoms in total. The van der Waals surface area contributed by atoms with Crippen molar-refractivity contribution in [3.05, 3.63) is 72.3 Å². The van der Waals surface area contributed by atoms with Crippen LogP contribution in [0.1, 0.15) is 5.56 Å². The Kier molecular flexibility index (Phi) is 5.49. The van der Waals surface area contributed by atoms with E-state index in [1.54, 1.807) is 19.2 Å². The molecule has 0 aliphatic heterocycles. The SMILES string of the molecule is COc1ccccc1CC(=O)OCC(=O)Nc1ccc2ccccc2c1. The van der Waals surface area contributed by atoms with Crippen LogP contribution >= 0.6 is 0 Å². The number of methoxy groups -OCH3 is 1. The van der Waals surface area contributed by atoms with Crippen LogP contribution in [0, 0.1) is 0 Å². The molecule has 0 bridgehead atoms. The first-order chi connectivity index (χ1) is 12.7. The molecule has 1 N–H and O–H groups in total. The lowest BCUT2D eigenvalue weighted by atomic mass is 10.1. The average molecular weight is 349 g/mol. The van der Waals surface area contributed by atoms with Gasteiger partial charge in [-0.1, -0.05) is 48.5 Å². The van der Waals surface area contributed by atoms with Crippen LogP contribution in [-0.2, 0) is 20.7 Å². The Morgan fingerprint density at radius 1 is 0.923 bits per heavy atom. The quantitative estimate of drug-likeness (QED) is 0.691. The van der Waals surface area contributed by atoms with Crippen LogP contribution in [0.4, 0.5) is 5.69 Å². The third-order valence-corrected chi connectivity index (χ3v) is 3.92. The molecule has 0 radical (unpaired) electrons. The molecular weight excluding hydrogens is 330 g/mol. The summed E-state index contributed by atoms with van der Waals surface area (Å²) in [7, 11) is 1.54. The molecule has 0 atom stereocenters. The van der Waals surface area contributed by atoms with Gasteiger partial charge < -0.3 is 14.8 Å². The average Bonchev–Trinajstić information content (AvgIpc) is 2.67. The number of ether oxygens (including phenoxy) is 2. The summed E-state index contributed by atoms with van der Waals surface area (Å²) in [6.07, 6.45) is 0.0489. The molecule has 3 aromatic carbocycles. The fourth-order valence-corrected chi connectivity index (χ4v) is 2.67. The Bertz CT molecular complexity index is 936. The van der Waals surface area contributed by atoms with Crippen LogP contribution in [0.2, 0.25) is 0 Å². The topological polar surface area (TPSA) is 64.6 Å². The van der Waals surface area contributed by atoms with Crippen LogP contribution in [0.15, 0.2) is 66.7 Å². The molecule has 0 heterocycles. The number of nitrogens with one attached hydrogen (secondary N) is 1. The second-order valence-electron chi connectivity index (χ2n) is 5.76. The normalized spacial score (nSPS) is 10.3. The molecule has 3 aromatic rings. The summed E-state index contributed by atoms with van der Waals surface area (Å²) in [6.45, 7) is -0.333. The van der Waals surface area contributed by atoms with E-state index < -0.39 is 5.97 Å². The van der Waals surface area contributed by atoms with Crippen LogP contribution in [0.3, 0.4) is 0 Å². The van der Waals surface area contributed by atoms with E-state index in [9.17, 15) is 9.59 Å². The lowest BCUT2D eigenvalue weighted by Crippen LogP contribution is -2.21. The van der Waals surface area contributed by atoms with Crippen molar-refractivity contribution in [3.63, 3.8) is 0 Å². The lowest BCUT2D eigenvalue weighted by molar-refractivity contribution is -0.146. The highest BCUT2D eigenvalue weighted by Crippen LogP contribution is 2.19. The molecule has 132 valence electrons. The Labute approximate surface area is 151 Å². The second kappa shape index (κ2) is 8.16. The molecule has 0 unspecified atom stereocenters. The Morgan fingerprint density at radius 2 is 1.65 bits per heavy atom. The standard InChI is InChI=1S/C21H19NO4/c1-25-19-9-5-4-8-17(19)13-21(24)26-14-20(23)22-18-11-10-15-6-2-3-7-16(15)12-18/h2-12H,13-14H2,1H3,(H,22,23). The van der Waals surface area contributed by atoms with Crippen molar-refractivity contribution in [2.24, 2.45) is 0 Å². The number of para-hydroxylation sites is 1. The number of benzene rings is 3. The number of amides is 1. The summed E-state index contributed by atoms with van der Waals surface area (Å²) in [4.78, 5) is 24.0. The summed E-state index contributed by atoms with van der Waals surface area (Å²) in [5.74, 6) is -0.248. The predicted molar refractivity (Wildman–Crippen MR) is 100 cm³/mol. The summed E-state index contributed by atoms with van der Waals surface area (Å²) in [5, 5.41) is 4.85. The minimum Gasteiger partial charge on any atom is -0.496 e. The summed E-state index contributed by atoms with van der Waals surface area (Å²) < 4.78 is 10.3. The molecule has 26 heavy (non-hydrogen) atoms. The monoisotopic (exact) mass is 349 g/mol. The lowest BCUT2D eigenvalue weighted by Gasteiger charge is -2.09. The van der Waals surface area contributed by atoms with Gasteiger partial charge in [-0.2, -0.15) is 0 Å². The second-order valence-corrected chi connectivity index (χ2v) is 5.76. The number of carbonyl (C=O) groups excluding carboxylic acids is 2. The first kappa shape index (κ1) is 17.5. The maximum absolute atomic E-state index is 12.0. The number of anilines is 1. The van der Waals surface area contributed by atoms with E-state index >= 15 is 0 Å². The van der Waals surface area contributed by atoms with E-state index in [2.05, 4.69) is 5.32 Å². The Balaban J connectivity index is 1.53. The van der Waals surface area contributed by atoms with E-state index in [4.69, 9.17) is 9.47 Å². The Morgan fingerprint density at radius 3 is 2.46 bits per heavy atom. The highest BCUT2D eigenvalue weighted by molar-refractivity contribution is 5.95. The molecule has 0 saturated heterocycles. The van der Waals surface area contributed by atoms with Gasteiger partial charge in [0.05, 0.1) is 13.5 Å². The van der Waals surface area contributed by atoms with Crippen LogP contribution < -0.4 is 10.1 Å². The summed E-state index contributed by atoms with van der Waals surface area (Å²) >= 11 is 0. The van der Waals surface area contributed by atoms with Crippen molar-refractivity contribution in [2.75, 3.05) is 19.0 Å². The van der Waals surface area contributed by atoms with Crippen LogP contribution in [0.5, 0.6) is 5.75 Å². The summed E-state index contributed by atoms with van der Waals surface area (Å²) in [6, 6.07) is 20.7. The molecule has 0 fully saturated rings. The number of rotatable bonds is 6. The molecular formula is C21H19NO4. The third-order valence-electron chi connectivity index (χ3n) is 3.92. The molecule has 0 saturated carbocycles. The number of hydrogen-bond acceptors (Lipinski definition) is 4. The van der Waals surface area contributed by atoms with Gasteiger partial charge in [0.1, 0.15) is 5.75 Å². The largest absolute Gasteiger partial charge is 0.496 e. The molecule has 0 spiro atoms. The zero-order chi connectivity index (χ0) is 18.4. The number of fused-ring (bicyclic) bond motifs is 1. The minimum atomic E-state index is -0.483. The van der Waals surface area contributed by atoms with Crippen LogP contribution in [0.25, 0.3) is 10.8 Å². The van der Waals surface area contributed by atoms with Gasteiger partial charge in [0.15, 0.2) is 6.61 Å². The number of hydrogen-bond donors (Lipinski definition) is 1. The molecule has 3 rings (SSSR count). The zero-order valence-electron chi connectivity index (χ0n) is 14.4. The fraction of sp³-hybridized carbons (Fsp3) is 0.143. The van der Waals surface area contributed by atoms with Gasteiger partial charge in [0.25, 0.3) is 5.91 Å². The first-order valence-electron chi connectivity index (χ1n) is 8.22. The van der Waals surface area contributed by atoms with E-state index in [0.717, 1.165) is 16.3 Å². The van der Waals surface area contributed by atoms with Crippen molar-refractivity contribution in [1.29, 1.82) is 0 Å². The van der Waals surface area contributed by atoms with Gasteiger partial charge in [-0.05, 0) is 29.0 Å². The molecule has 5 heteroatoms. The van der Waals surface area contributed by atoms with E-state index in [-0.39, 0.29) is 18.9 Å². The predicted octanol–water partition coefficient (Wildman–Crippen LogP) is 3.57. The van der Waals surface area contributed by atoms with E-state index in [0.29, 0.717) is 11.4 Å². The van der Waals surface area contributed by atoms with Crippen molar-refractivity contribution < 1.29 is 19.1 Å². The summed E-state index contributed by atoms with van der Waals surface area (Å²) in [5.41, 5.74) is 1.38. The van der Waals surface area contributed by atoms with Crippen molar-refractivity contribution in [1.82, 2.24) is 0 Å². The van der Waals surface area contributed by atoms with Gasteiger partial charge in [0, 0.05) is 11.3 Å². The zero-order valence-corrected chi connectivity index (χ0v) is 14.4. The van der Waals surface area contributed by atoms with Crippen molar-refractivity contribution in [2.45, 2.75) is 6.42 Å². The van der Waals surface area contributed by atoms with Gasteiger partial charge in [0.2, 0.25) is 0 Å². The highest BCUT2D eigenvalue weighted by atomic mass is 16.5. The number of esters is 1. The molecule has 1 amide bonds. The smallest absolute Gasteiger partial charge is 0.310 e. The molecule has 0 aliphatic rings. The van der Waals surface area contributed by atoms with Gasteiger partial charge >= 0.3 is 5.97 Å². The fourth-order valence-electron chi connectivity index (χ4n) is 2.67. The van der Waals surface area contributed by atoms with E-state index in [1.165, 1.54) is 0 Å². The van der Waals surface area contributed by atoms with Crippen molar-refractivity contribution >= 4 is 28.3 Å². The number of carbonyl (C=O) groups is 2. The van der Waals surface area contributed by atoms with Crippen molar-refractivity contribution in [3.8, 4) is 5.75 Å². The van der Waals surface area contributed by atoms with Crippen LogP contribution in [-0.4, -0.2) is 25.6 Å². The van der Waals surface area contributed by atoms with Gasteiger partial charge in [-0.3, -0.25) is 9.59 Å². The Hall–Kier alpha value is -3.34. The third kappa shape index (κ3) is 4.39. The molecule has 0 aliphatic carbocycles. The first-order valence-corrected chi connectivity index (χ1v) is 8.22. The minimum absolute atomic E-state index is 0.0489. The maximum Gasteiger partial charge on any atom is 0.310 e. The van der Waals surface area contributed by atoms with Gasteiger partial charge in [-0.25, -0.2) is 0 Å². The van der Waals surface area contributed by atoms with E-state index in [1.807, 2.05) is 54.6 Å².